The van der Waals surface area contributed by atoms with Crippen molar-refractivity contribution in [1.82, 2.24) is 14.5 Å². The van der Waals surface area contributed by atoms with Crippen molar-refractivity contribution < 1.29 is 0 Å². The highest BCUT2D eigenvalue weighted by Crippen LogP contribution is 2.21. The fourth-order valence-corrected chi connectivity index (χ4v) is 2.00. The Labute approximate surface area is 121 Å². The van der Waals surface area contributed by atoms with E-state index >= 15 is 0 Å². The van der Waals surface area contributed by atoms with Gasteiger partial charge in [-0.1, -0.05) is 26.8 Å². The van der Waals surface area contributed by atoms with Crippen LogP contribution in [0, 0.1) is 0 Å². The Kier molecular flexibility index (Phi) is 4.77. The minimum atomic E-state index is 0.163. The van der Waals surface area contributed by atoms with Crippen LogP contribution in [0.25, 0.3) is 0 Å². The van der Waals surface area contributed by atoms with Crippen molar-refractivity contribution in [2.24, 2.45) is 0 Å². The highest BCUT2D eigenvalue weighted by molar-refractivity contribution is 5.36. The third kappa shape index (κ3) is 4.37. The smallest absolute Gasteiger partial charge is 0.125 e. The SMILES string of the molecule is CC(C)(C)c1ccc(NCCCCn2ccnc2)nc1. The van der Waals surface area contributed by atoms with Crippen LogP contribution < -0.4 is 5.32 Å². The summed E-state index contributed by atoms with van der Waals surface area (Å²) >= 11 is 0. The van der Waals surface area contributed by atoms with Crippen LogP contribution in [0.15, 0.2) is 37.1 Å². The van der Waals surface area contributed by atoms with Crippen molar-refractivity contribution in [3.63, 3.8) is 0 Å². The van der Waals surface area contributed by atoms with Crippen molar-refractivity contribution in [3.8, 4) is 0 Å². The highest BCUT2D eigenvalue weighted by atomic mass is 15.0. The molecule has 0 aromatic carbocycles. The molecule has 4 heteroatoms. The van der Waals surface area contributed by atoms with Gasteiger partial charge in [-0.2, -0.15) is 0 Å². The summed E-state index contributed by atoms with van der Waals surface area (Å²) in [6.07, 6.45) is 9.91. The summed E-state index contributed by atoms with van der Waals surface area (Å²) in [4.78, 5) is 8.50. The first kappa shape index (κ1) is 14.6. The largest absolute Gasteiger partial charge is 0.370 e. The Bertz CT molecular complexity index is 494. The maximum atomic E-state index is 4.47. The molecule has 0 fully saturated rings. The monoisotopic (exact) mass is 272 g/mol. The maximum absolute atomic E-state index is 4.47. The number of rotatable bonds is 6. The van der Waals surface area contributed by atoms with Crippen molar-refractivity contribution in [1.29, 1.82) is 0 Å². The normalized spacial score (nSPS) is 11.6. The van der Waals surface area contributed by atoms with Gasteiger partial charge in [-0.05, 0) is 29.9 Å². The van der Waals surface area contributed by atoms with Gasteiger partial charge >= 0.3 is 0 Å². The number of pyridine rings is 1. The molecule has 2 heterocycles. The molecule has 20 heavy (non-hydrogen) atoms. The molecule has 0 atom stereocenters. The Hall–Kier alpha value is -1.84. The second-order valence-corrected chi connectivity index (χ2v) is 6.12. The third-order valence-corrected chi connectivity index (χ3v) is 3.34. The van der Waals surface area contributed by atoms with E-state index in [-0.39, 0.29) is 5.41 Å². The van der Waals surface area contributed by atoms with E-state index in [1.807, 2.05) is 24.9 Å². The molecule has 2 aromatic rings. The van der Waals surface area contributed by atoms with Gasteiger partial charge in [0, 0.05) is 31.7 Å². The summed E-state index contributed by atoms with van der Waals surface area (Å²) in [5, 5.41) is 3.37. The molecule has 0 spiro atoms. The second-order valence-electron chi connectivity index (χ2n) is 6.12. The number of nitrogens with zero attached hydrogens (tertiary/aromatic N) is 3. The van der Waals surface area contributed by atoms with E-state index in [1.54, 1.807) is 0 Å². The number of anilines is 1. The molecule has 0 aliphatic heterocycles. The lowest BCUT2D eigenvalue weighted by molar-refractivity contribution is 0.587. The lowest BCUT2D eigenvalue weighted by Crippen LogP contribution is -2.12. The first-order valence-corrected chi connectivity index (χ1v) is 7.22. The molecule has 0 saturated heterocycles. The van der Waals surface area contributed by atoms with E-state index in [4.69, 9.17) is 0 Å². The molecule has 0 amide bonds. The van der Waals surface area contributed by atoms with Crippen LogP contribution in [0.3, 0.4) is 0 Å². The zero-order chi connectivity index (χ0) is 14.4. The van der Waals surface area contributed by atoms with Gasteiger partial charge in [0.2, 0.25) is 0 Å². The van der Waals surface area contributed by atoms with E-state index in [0.29, 0.717) is 0 Å². The van der Waals surface area contributed by atoms with Gasteiger partial charge in [0.1, 0.15) is 5.82 Å². The number of hydrogen-bond donors (Lipinski definition) is 1. The molecule has 108 valence electrons. The Morgan fingerprint density at radius 2 is 2.05 bits per heavy atom. The molecule has 2 rings (SSSR count). The van der Waals surface area contributed by atoms with Crippen LogP contribution in [-0.2, 0) is 12.0 Å². The van der Waals surface area contributed by atoms with Gasteiger partial charge in [-0.3, -0.25) is 0 Å². The van der Waals surface area contributed by atoms with E-state index in [2.05, 4.69) is 52.8 Å². The van der Waals surface area contributed by atoms with Gasteiger partial charge in [-0.15, -0.1) is 0 Å². The third-order valence-electron chi connectivity index (χ3n) is 3.34. The lowest BCUT2D eigenvalue weighted by atomic mass is 9.88. The van der Waals surface area contributed by atoms with Crippen LogP contribution in [0.2, 0.25) is 0 Å². The molecule has 2 aromatic heterocycles. The standard InChI is InChI=1S/C16H24N4/c1-16(2,3)14-6-7-15(19-12-14)18-8-4-5-10-20-11-9-17-13-20/h6-7,9,11-13H,4-5,8,10H2,1-3H3,(H,18,19). The van der Waals surface area contributed by atoms with Crippen molar-refractivity contribution >= 4 is 5.82 Å². The minimum absolute atomic E-state index is 0.163. The zero-order valence-electron chi connectivity index (χ0n) is 12.6. The van der Waals surface area contributed by atoms with Crippen molar-refractivity contribution in [2.45, 2.75) is 45.6 Å². The molecule has 0 saturated carbocycles. The molecule has 0 aliphatic rings. The summed E-state index contributed by atoms with van der Waals surface area (Å²) in [7, 11) is 0. The molecule has 0 radical (unpaired) electrons. The van der Waals surface area contributed by atoms with Gasteiger partial charge in [-0.25, -0.2) is 9.97 Å². The van der Waals surface area contributed by atoms with Gasteiger partial charge in [0.25, 0.3) is 0 Å². The average Bonchev–Trinajstić information content (AvgIpc) is 2.91. The topological polar surface area (TPSA) is 42.7 Å². The van der Waals surface area contributed by atoms with Gasteiger partial charge in [0.05, 0.1) is 6.33 Å². The first-order valence-electron chi connectivity index (χ1n) is 7.22. The predicted octanol–water partition coefficient (Wildman–Crippen LogP) is 3.47. The lowest BCUT2D eigenvalue weighted by Gasteiger charge is -2.18. The highest BCUT2D eigenvalue weighted by Gasteiger charge is 2.13. The predicted molar refractivity (Wildman–Crippen MR) is 82.9 cm³/mol. The summed E-state index contributed by atoms with van der Waals surface area (Å²) in [6, 6.07) is 4.22. The van der Waals surface area contributed by atoms with E-state index < -0.39 is 0 Å². The average molecular weight is 272 g/mol. The second kappa shape index (κ2) is 6.55. The fraction of sp³-hybridized carbons (Fsp3) is 0.500. The number of imidazole rings is 1. The minimum Gasteiger partial charge on any atom is -0.370 e. The number of aromatic nitrogens is 3. The number of aryl methyl sites for hydroxylation is 1. The van der Waals surface area contributed by atoms with E-state index in [9.17, 15) is 0 Å². The molecule has 0 aliphatic carbocycles. The number of hydrogen-bond acceptors (Lipinski definition) is 3. The van der Waals surface area contributed by atoms with Gasteiger partial charge in [0.15, 0.2) is 0 Å². The van der Waals surface area contributed by atoms with Crippen LogP contribution in [0.4, 0.5) is 5.82 Å². The van der Waals surface area contributed by atoms with Gasteiger partial charge < -0.3 is 9.88 Å². The molecular weight excluding hydrogens is 248 g/mol. The fourth-order valence-electron chi connectivity index (χ4n) is 2.00. The van der Waals surface area contributed by atoms with Crippen molar-refractivity contribution in [2.75, 3.05) is 11.9 Å². The Balaban J connectivity index is 1.69. The molecule has 0 unspecified atom stereocenters. The summed E-state index contributed by atoms with van der Waals surface area (Å²) < 4.78 is 2.11. The van der Waals surface area contributed by atoms with Crippen LogP contribution in [-0.4, -0.2) is 21.1 Å². The van der Waals surface area contributed by atoms with E-state index in [1.165, 1.54) is 5.56 Å². The molecule has 0 bridgehead atoms. The summed E-state index contributed by atoms with van der Waals surface area (Å²) in [5.41, 5.74) is 1.43. The summed E-state index contributed by atoms with van der Waals surface area (Å²) in [6.45, 7) is 8.59. The first-order chi connectivity index (χ1) is 9.55. The van der Waals surface area contributed by atoms with Crippen LogP contribution >= 0.6 is 0 Å². The number of nitrogens with one attached hydrogen (secondary N) is 1. The number of unbranched alkanes of at least 4 members (excludes halogenated alkanes) is 1. The van der Waals surface area contributed by atoms with Crippen molar-refractivity contribution in [3.05, 3.63) is 42.6 Å². The zero-order valence-corrected chi connectivity index (χ0v) is 12.6. The summed E-state index contributed by atoms with van der Waals surface area (Å²) in [5.74, 6) is 0.959. The van der Waals surface area contributed by atoms with E-state index in [0.717, 1.165) is 31.7 Å². The molecular formula is C16H24N4. The molecule has 4 nitrogen and oxygen atoms in total. The van der Waals surface area contributed by atoms with Crippen LogP contribution in [0.5, 0.6) is 0 Å². The Morgan fingerprint density at radius 3 is 2.65 bits per heavy atom. The quantitative estimate of drug-likeness (QED) is 0.819. The molecule has 1 N–H and O–H groups in total. The Morgan fingerprint density at radius 1 is 1.20 bits per heavy atom. The maximum Gasteiger partial charge on any atom is 0.125 e. The van der Waals surface area contributed by atoms with Crippen LogP contribution in [0.1, 0.15) is 39.2 Å².